The van der Waals surface area contributed by atoms with Gasteiger partial charge in [-0.15, -0.1) is 0 Å². The average molecular weight is 547 g/mol. The van der Waals surface area contributed by atoms with E-state index >= 15 is 0 Å². The van der Waals surface area contributed by atoms with Gasteiger partial charge in [-0.2, -0.15) is 0 Å². The van der Waals surface area contributed by atoms with Crippen LogP contribution < -0.4 is 0 Å². The van der Waals surface area contributed by atoms with Gasteiger partial charge in [-0.05, 0) is 75.8 Å². The summed E-state index contributed by atoms with van der Waals surface area (Å²) in [6.45, 7) is 0. The van der Waals surface area contributed by atoms with Crippen molar-refractivity contribution in [3.63, 3.8) is 0 Å². The molecule has 4 nitrogen and oxygen atoms in total. The Morgan fingerprint density at radius 3 is 1.20 bits per heavy atom. The Bertz CT molecular complexity index is 2090. The summed E-state index contributed by atoms with van der Waals surface area (Å²) in [6.07, 6.45) is 0.210. The molecular formula is C36H22O4Si. The van der Waals surface area contributed by atoms with Crippen LogP contribution in [0.1, 0.15) is 11.1 Å². The molecular weight excluding hydrogens is 524 g/mol. The van der Waals surface area contributed by atoms with E-state index in [2.05, 4.69) is 97.1 Å². The molecule has 8 rings (SSSR count). The predicted octanol–water partition coefficient (Wildman–Crippen LogP) is 7.89. The molecule has 0 saturated carbocycles. The molecule has 194 valence electrons. The average Bonchev–Trinajstić information content (AvgIpc) is 3.00. The summed E-state index contributed by atoms with van der Waals surface area (Å²) in [6, 6.07) is 37.5. The first-order valence-corrected chi connectivity index (χ1v) is 14.4. The van der Waals surface area contributed by atoms with Crippen LogP contribution >= 0.6 is 0 Å². The van der Waals surface area contributed by atoms with Crippen LogP contribution in [-0.2, 0) is 31.3 Å². The Balaban J connectivity index is 0.976. The van der Waals surface area contributed by atoms with E-state index in [9.17, 15) is 9.59 Å². The molecule has 0 aliphatic heterocycles. The lowest BCUT2D eigenvalue weighted by Crippen LogP contribution is -2.18. The smallest absolute Gasteiger partial charge is 0.481 e. The van der Waals surface area contributed by atoms with Gasteiger partial charge in [0.2, 0.25) is 0 Å². The highest BCUT2D eigenvalue weighted by atomic mass is 28.3. The zero-order valence-corrected chi connectivity index (χ0v) is 22.9. The standard InChI is InChI=1S/C36H22O4Si/c37-31(19-27-13-11-25-9-7-21-3-1-5-23-15-17-29(27)35(25)33(21)23)39-41-40-32(38)20-28-14-12-26-10-8-22-4-2-6-24-16-18-30(28)36(26)34(22)24/h1-18H,19-20H2. The van der Waals surface area contributed by atoms with Gasteiger partial charge in [0.1, 0.15) is 0 Å². The molecule has 8 aromatic carbocycles. The second-order valence-corrected chi connectivity index (χ2v) is 11.1. The molecule has 0 bridgehead atoms. The molecule has 41 heavy (non-hydrogen) atoms. The van der Waals surface area contributed by atoms with E-state index < -0.39 is 21.9 Å². The molecule has 0 spiro atoms. The van der Waals surface area contributed by atoms with Gasteiger partial charge in [0.05, 0.1) is 12.8 Å². The van der Waals surface area contributed by atoms with Crippen LogP contribution in [0.4, 0.5) is 0 Å². The van der Waals surface area contributed by atoms with E-state index in [0.29, 0.717) is 0 Å². The normalized spacial score (nSPS) is 11.9. The lowest BCUT2D eigenvalue weighted by atomic mass is 9.91. The number of carbonyl (C=O) groups excluding carboxylic acids is 2. The molecule has 0 amide bonds. The van der Waals surface area contributed by atoms with Crippen molar-refractivity contribution in [2.24, 2.45) is 0 Å². The summed E-state index contributed by atoms with van der Waals surface area (Å²) in [7, 11) is -0.689. The van der Waals surface area contributed by atoms with Crippen LogP contribution in [0.2, 0.25) is 0 Å². The minimum atomic E-state index is -0.689. The topological polar surface area (TPSA) is 52.6 Å². The molecule has 8 aromatic rings. The fourth-order valence-corrected chi connectivity index (χ4v) is 6.77. The molecule has 0 fully saturated rings. The Morgan fingerprint density at radius 2 is 0.780 bits per heavy atom. The Labute approximate surface area is 237 Å². The van der Waals surface area contributed by atoms with Crippen molar-refractivity contribution in [2.75, 3.05) is 0 Å². The van der Waals surface area contributed by atoms with Gasteiger partial charge in [0.25, 0.3) is 11.9 Å². The molecule has 5 heteroatoms. The van der Waals surface area contributed by atoms with Crippen molar-refractivity contribution in [3.05, 3.63) is 120 Å². The molecule has 0 saturated heterocycles. The molecule has 0 unspecified atom stereocenters. The maximum absolute atomic E-state index is 12.8. The molecule has 0 aliphatic rings. The molecule has 0 aliphatic carbocycles. The largest absolute Gasteiger partial charge is 0.614 e. The Hall–Kier alpha value is -5.00. The number of benzene rings is 8. The van der Waals surface area contributed by atoms with Gasteiger partial charge >= 0.3 is 10.0 Å². The summed E-state index contributed by atoms with van der Waals surface area (Å²) >= 11 is 0. The molecule has 0 N–H and O–H groups in total. The molecule has 0 heterocycles. The quantitative estimate of drug-likeness (QED) is 0.157. The van der Waals surface area contributed by atoms with Gasteiger partial charge < -0.3 is 8.85 Å². The Kier molecular flexibility index (Phi) is 5.40. The van der Waals surface area contributed by atoms with E-state index in [1.54, 1.807) is 0 Å². The van der Waals surface area contributed by atoms with Gasteiger partial charge in [-0.25, -0.2) is 0 Å². The second-order valence-electron chi connectivity index (χ2n) is 10.5. The minimum absolute atomic E-state index is 0.105. The second kappa shape index (κ2) is 9.29. The van der Waals surface area contributed by atoms with Gasteiger partial charge in [0, 0.05) is 0 Å². The lowest BCUT2D eigenvalue weighted by Gasteiger charge is -2.14. The first-order chi connectivity index (χ1) is 20.1. The van der Waals surface area contributed by atoms with Crippen molar-refractivity contribution >= 4 is 86.6 Å². The first-order valence-electron chi connectivity index (χ1n) is 13.6. The highest BCUT2D eigenvalue weighted by Crippen LogP contribution is 2.37. The van der Waals surface area contributed by atoms with Crippen LogP contribution in [0.25, 0.3) is 64.6 Å². The van der Waals surface area contributed by atoms with Crippen molar-refractivity contribution in [2.45, 2.75) is 12.8 Å². The van der Waals surface area contributed by atoms with E-state index in [0.717, 1.165) is 43.4 Å². The van der Waals surface area contributed by atoms with Crippen LogP contribution in [0, 0.1) is 0 Å². The van der Waals surface area contributed by atoms with Crippen molar-refractivity contribution in [1.29, 1.82) is 0 Å². The third kappa shape index (κ3) is 3.89. The number of hydrogen-bond donors (Lipinski definition) is 0. The summed E-state index contributed by atoms with van der Waals surface area (Å²) in [5.41, 5.74) is 1.79. The third-order valence-electron chi connectivity index (χ3n) is 8.22. The SMILES string of the molecule is O=C(Cc1ccc2ccc3cccc4ccc1c2c34)O[Si]OC(=O)Cc1ccc2ccc3cccc4ccc1c2c34. The molecule has 0 aromatic heterocycles. The van der Waals surface area contributed by atoms with Crippen molar-refractivity contribution < 1.29 is 18.4 Å². The van der Waals surface area contributed by atoms with E-state index in [1.807, 2.05) is 12.1 Å². The first kappa shape index (κ1) is 23.8. The number of carbonyl (C=O) groups is 2. The summed E-state index contributed by atoms with van der Waals surface area (Å²) in [4.78, 5) is 25.5. The lowest BCUT2D eigenvalue weighted by molar-refractivity contribution is -0.138. The van der Waals surface area contributed by atoms with Crippen LogP contribution in [0.15, 0.2) is 109 Å². The fourth-order valence-electron chi connectivity index (χ4n) is 6.40. The maximum atomic E-state index is 12.8. The van der Waals surface area contributed by atoms with Crippen LogP contribution in [0.5, 0.6) is 0 Å². The Morgan fingerprint density at radius 1 is 0.439 bits per heavy atom. The van der Waals surface area contributed by atoms with Crippen molar-refractivity contribution in [1.82, 2.24) is 0 Å². The maximum Gasteiger partial charge on any atom is 0.614 e. The highest BCUT2D eigenvalue weighted by Gasteiger charge is 2.17. The van der Waals surface area contributed by atoms with Gasteiger partial charge in [-0.1, -0.05) is 109 Å². The minimum Gasteiger partial charge on any atom is -0.481 e. The summed E-state index contributed by atoms with van der Waals surface area (Å²) in [5, 5.41) is 13.8. The molecule has 2 radical (unpaired) electrons. The third-order valence-corrected chi connectivity index (χ3v) is 8.84. The monoisotopic (exact) mass is 546 g/mol. The fraction of sp³-hybridized carbons (Fsp3) is 0.0556. The van der Waals surface area contributed by atoms with Gasteiger partial charge in [0.15, 0.2) is 0 Å². The number of hydrogen-bond acceptors (Lipinski definition) is 4. The van der Waals surface area contributed by atoms with E-state index in [1.165, 1.54) is 32.3 Å². The van der Waals surface area contributed by atoms with E-state index in [-0.39, 0.29) is 12.8 Å². The van der Waals surface area contributed by atoms with Crippen LogP contribution in [0.3, 0.4) is 0 Å². The van der Waals surface area contributed by atoms with Gasteiger partial charge in [-0.3, -0.25) is 9.59 Å². The van der Waals surface area contributed by atoms with Crippen LogP contribution in [-0.4, -0.2) is 21.9 Å². The van der Waals surface area contributed by atoms with Crippen molar-refractivity contribution in [3.8, 4) is 0 Å². The predicted molar refractivity (Wildman–Crippen MR) is 166 cm³/mol. The molecule has 0 atom stereocenters. The zero-order valence-electron chi connectivity index (χ0n) is 21.9. The summed E-state index contributed by atoms with van der Waals surface area (Å²) < 4.78 is 10.7. The summed E-state index contributed by atoms with van der Waals surface area (Å²) in [5.74, 6) is -0.845. The zero-order chi connectivity index (χ0) is 27.5. The number of rotatable bonds is 6. The highest BCUT2D eigenvalue weighted by molar-refractivity contribution is 6.27. The van der Waals surface area contributed by atoms with E-state index in [4.69, 9.17) is 8.85 Å².